The topological polar surface area (TPSA) is 106 Å². The molecular formula is C47H27N7. The molecule has 0 bridgehead atoms. The molecule has 0 saturated carbocycles. The van der Waals surface area contributed by atoms with Crippen LogP contribution in [0.15, 0.2) is 157 Å². The summed E-state index contributed by atoms with van der Waals surface area (Å²) in [4.78, 5) is 5.13. The van der Waals surface area contributed by atoms with E-state index >= 15 is 0 Å². The van der Waals surface area contributed by atoms with Crippen molar-refractivity contribution in [1.82, 2.24) is 9.13 Å². The Kier molecular flexibility index (Phi) is 6.92. The third kappa shape index (κ3) is 4.55. The second kappa shape index (κ2) is 12.1. The van der Waals surface area contributed by atoms with Crippen LogP contribution in [-0.4, -0.2) is 15.0 Å². The summed E-state index contributed by atoms with van der Waals surface area (Å²) in [5, 5.41) is 38.8. The van der Waals surface area contributed by atoms with Gasteiger partial charge in [-0.05, 0) is 60.2 Å². The lowest BCUT2D eigenvalue weighted by molar-refractivity contribution is 0.857. The molecule has 3 heterocycles. The van der Waals surface area contributed by atoms with E-state index in [1.165, 1.54) is 10.8 Å². The number of benzene rings is 7. The Labute approximate surface area is 310 Å². The van der Waals surface area contributed by atoms with E-state index in [2.05, 4.69) is 112 Å². The average molecular weight is 690 g/mol. The van der Waals surface area contributed by atoms with Gasteiger partial charge < -0.3 is 14.5 Å². The Morgan fingerprint density at radius 3 is 1.94 bits per heavy atom. The molecule has 1 aliphatic rings. The van der Waals surface area contributed by atoms with Crippen molar-refractivity contribution in [1.29, 1.82) is 15.8 Å². The van der Waals surface area contributed by atoms with E-state index in [0.29, 0.717) is 39.3 Å². The fourth-order valence-electron chi connectivity index (χ4n) is 8.15. The van der Waals surface area contributed by atoms with Crippen LogP contribution < -0.4 is 5.32 Å². The first kappa shape index (κ1) is 30.9. The van der Waals surface area contributed by atoms with Gasteiger partial charge in [-0.25, -0.2) is 0 Å². The van der Waals surface area contributed by atoms with Crippen molar-refractivity contribution in [2.45, 2.75) is 6.04 Å². The zero-order valence-corrected chi connectivity index (χ0v) is 28.7. The highest BCUT2D eigenvalue weighted by atomic mass is 15.1. The maximum absolute atomic E-state index is 10.8. The van der Waals surface area contributed by atoms with Gasteiger partial charge in [-0.3, -0.25) is 4.99 Å². The molecule has 7 nitrogen and oxygen atoms in total. The first-order valence-corrected chi connectivity index (χ1v) is 17.6. The summed E-state index contributed by atoms with van der Waals surface area (Å²) in [5.74, 6) is 0.586. The summed E-state index contributed by atoms with van der Waals surface area (Å²) in [6.07, 6.45) is 0. The fourth-order valence-corrected chi connectivity index (χ4v) is 8.15. The predicted molar refractivity (Wildman–Crippen MR) is 214 cm³/mol. The summed E-state index contributed by atoms with van der Waals surface area (Å²) in [6, 6.07) is 57.1. The zero-order valence-electron chi connectivity index (χ0n) is 28.7. The minimum atomic E-state index is -0.639. The Bertz CT molecular complexity index is 3170. The number of aromatic nitrogens is 2. The van der Waals surface area contributed by atoms with Gasteiger partial charge in [0.05, 0.1) is 56.6 Å². The van der Waals surface area contributed by atoms with Gasteiger partial charge in [0, 0.05) is 44.0 Å². The van der Waals surface area contributed by atoms with Gasteiger partial charge >= 0.3 is 0 Å². The van der Waals surface area contributed by atoms with Crippen LogP contribution >= 0.6 is 0 Å². The summed E-state index contributed by atoms with van der Waals surface area (Å²) in [6.45, 7) is 0. The number of amidine groups is 1. The molecule has 250 valence electrons. The first-order valence-electron chi connectivity index (χ1n) is 17.6. The predicted octanol–water partition coefficient (Wildman–Crippen LogP) is 10.5. The number of nitrogens with zero attached hydrogens (tertiary/aromatic N) is 6. The van der Waals surface area contributed by atoms with E-state index in [1.54, 1.807) is 12.1 Å². The molecule has 0 saturated heterocycles. The van der Waals surface area contributed by atoms with E-state index in [9.17, 15) is 15.8 Å². The normalized spacial score (nSPS) is 13.6. The summed E-state index contributed by atoms with van der Waals surface area (Å²) < 4.78 is 4.59. The van der Waals surface area contributed by atoms with Crippen molar-refractivity contribution in [3.63, 3.8) is 0 Å². The van der Waals surface area contributed by atoms with Gasteiger partial charge in [0.15, 0.2) is 0 Å². The number of fused-ring (bicyclic) bond motifs is 8. The Balaban J connectivity index is 1.22. The van der Waals surface area contributed by atoms with Crippen LogP contribution in [-0.2, 0) is 0 Å². The number of nitriles is 3. The van der Waals surface area contributed by atoms with Gasteiger partial charge in [-0.2, -0.15) is 15.8 Å². The molecule has 1 N–H and O–H groups in total. The summed E-state index contributed by atoms with van der Waals surface area (Å²) in [7, 11) is 0. The molecular weight excluding hydrogens is 663 g/mol. The smallest absolute Gasteiger partial charge is 0.133 e. The average Bonchev–Trinajstić information content (AvgIpc) is 3.76. The van der Waals surface area contributed by atoms with Gasteiger partial charge in [-0.1, -0.05) is 97.1 Å². The van der Waals surface area contributed by atoms with Crippen molar-refractivity contribution >= 4 is 55.1 Å². The van der Waals surface area contributed by atoms with Gasteiger partial charge in [0.2, 0.25) is 0 Å². The summed E-state index contributed by atoms with van der Waals surface area (Å²) in [5.41, 5.74) is 10.2. The van der Waals surface area contributed by atoms with Crippen LogP contribution in [0.3, 0.4) is 0 Å². The standard InChI is InChI=1S/C47H27N7/c48-26-29-23-32(28-50)44-39(24-29)45(52-47(51-44)30-11-3-1-4-12-30)35-20-19-34(25-31(35)27-49)53-41-18-10-8-16-38(41)43-42(53)22-21-37-36-15-7-9-17-40(36)54(46(37)43)33-13-5-2-6-14-33/h1-25,45H,(H,51,52). The van der Waals surface area contributed by atoms with Crippen molar-refractivity contribution < 1.29 is 0 Å². The maximum atomic E-state index is 10.8. The Morgan fingerprint density at radius 2 is 1.20 bits per heavy atom. The molecule has 0 spiro atoms. The second-order valence-corrected chi connectivity index (χ2v) is 13.4. The van der Waals surface area contributed by atoms with Gasteiger partial charge in [-0.15, -0.1) is 0 Å². The van der Waals surface area contributed by atoms with Gasteiger partial charge in [0.25, 0.3) is 0 Å². The van der Waals surface area contributed by atoms with E-state index in [0.717, 1.165) is 49.8 Å². The van der Waals surface area contributed by atoms with Crippen molar-refractivity contribution in [3.05, 3.63) is 185 Å². The highest BCUT2D eigenvalue weighted by Gasteiger charge is 2.29. The SMILES string of the molecule is N#Cc1cc(C#N)c2c(c1)C(c1ccc(-n3c4ccccc4c4c3ccc3c5ccccc5n(-c5ccccc5)c34)cc1C#N)N=C(c1ccccc1)N2. The van der Waals surface area contributed by atoms with E-state index in [4.69, 9.17) is 4.99 Å². The Hall–Kier alpha value is -7.92. The van der Waals surface area contributed by atoms with Crippen LogP contribution in [0.25, 0.3) is 55.0 Å². The molecule has 1 aliphatic heterocycles. The molecule has 0 fully saturated rings. The van der Waals surface area contributed by atoms with Crippen LogP contribution in [0.5, 0.6) is 0 Å². The molecule has 1 atom stereocenters. The summed E-state index contributed by atoms with van der Waals surface area (Å²) >= 11 is 0. The number of aliphatic imine (C=N–C) groups is 1. The van der Waals surface area contributed by atoms with Crippen LogP contribution in [0, 0.1) is 34.0 Å². The minimum Gasteiger partial charge on any atom is -0.339 e. The molecule has 0 amide bonds. The maximum Gasteiger partial charge on any atom is 0.133 e. The largest absolute Gasteiger partial charge is 0.339 e. The molecule has 0 radical (unpaired) electrons. The first-order chi connectivity index (χ1) is 26.7. The molecule has 54 heavy (non-hydrogen) atoms. The quantitative estimate of drug-likeness (QED) is 0.198. The van der Waals surface area contributed by atoms with Crippen LogP contribution in [0.1, 0.15) is 39.4 Å². The molecule has 0 aliphatic carbocycles. The number of nitrogens with one attached hydrogen (secondary N) is 1. The highest BCUT2D eigenvalue weighted by molar-refractivity contribution is 6.26. The van der Waals surface area contributed by atoms with Crippen LogP contribution in [0.4, 0.5) is 5.69 Å². The van der Waals surface area contributed by atoms with Crippen molar-refractivity contribution in [2.24, 2.45) is 4.99 Å². The van der Waals surface area contributed by atoms with Crippen molar-refractivity contribution in [3.8, 4) is 29.6 Å². The third-order valence-electron chi connectivity index (χ3n) is 10.5. The molecule has 2 aromatic heterocycles. The molecule has 1 unspecified atom stereocenters. The van der Waals surface area contributed by atoms with Crippen molar-refractivity contribution in [2.75, 3.05) is 5.32 Å². The van der Waals surface area contributed by atoms with E-state index < -0.39 is 6.04 Å². The highest BCUT2D eigenvalue weighted by Crippen LogP contribution is 2.44. The lowest BCUT2D eigenvalue weighted by atomic mass is 9.89. The lowest BCUT2D eigenvalue weighted by Gasteiger charge is -2.27. The number of rotatable bonds is 4. The van der Waals surface area contributed by atoms with Crippen LogP contribution in [0.2, 0.25) is 0 Å². The Morgan fingerprint density at radius 1 is 0.519 bits per heavy atom. The molecule has 10 rings (SSSR count). The van der Waals surface area contributed by atoms with E-state index in [-0.39, 0.29) is 0 Å². The lowest BCUT2D eigenvalue weighted by Crippen LogP contribution is -2.23. The van der Waals surface area contributed by atoms with E-state index in [1.807, 2.05) is 60.7 Å². The molecule has 7 aromatic carbocycles. The minimum absolute atomic E-state index is 0.344. The monoisotopic (exact) mass is 689 g/mol. The zero-order chi connectivity index (χ0) is 36.3. The number of hydrogen-bond acceptors (Lipinski definition) is 5. The molecule has 7 heteroatoms. The fraction of sp³-hybridized carbons (Fsp3) is 0.0213. The second-order valence-electron chi connectivity index (χ2n) is 13.4. The van der Waals surface area contributed by atoms with Gasteiger partial charge in [0.1, 0.15) is 17.9 Å². The third-order valence-corrected chi connectivity index (χ3v) is 10.5. The number of anilines is 1. The number of hydrogen-bond donors (Lipinski definition) is 1. The molecule has 9 aromatic rings. The number of para-hydroxylation sites is 3.